The summed E-state index contributed by atoms with van der Waals surface area (Å²) in [6.07, 6.45) is 5.67. The summed E-state index contributed by atoms with van der Waals surface area (Å²) in [6.45, 7) is 0. The van der Waals surface area contributed by atoms with Gasteiger partial charge in [0.05, 0.1) is 12.0 Å². The second-order valence-corrected chi connectivity index (χ2v) is 5.18. The third kappa shape index (κ3) is 3.34. The Hall–Kier alpha value is -2.49. The highest BCUT2D eigenvalue weighted by molar-refractivity contribution is 5.96. The van der Waals surface area contributed by atoms with Gasteiger partial charge >= 0.3 is 0 Å². The number of carbonyl (C=O) groups excluding carboxylic acids is 1. The predicted molar refractivity (Wildman–Crippen MR) is 81.6 cm³/mol. The van der Waals surface area contributed by atoms with Crippen LogP contribution < -0.4 is 10.9 Å². The molecular formula is C17H18N2O2. The number of furan rings is 1. The number of hydrogen-bond acceptors (Lipinski definition) is 4. The maximum atomic E-state index is 12.2. The van der Waals surface area contributed by atoms with E-state index in [9.17, 15) is 4.79 Å². The maximum absolute atomic E-state index is 12.2. The number of nitrogens with one attached hydrogen (secondary N) is 2. The first-order valence-electron chi connectivity index (χ1n) is 7.15. The number of rotatable bonds is 4. The van der Waals surface area contributed by atoms with Crippen molar-refractivity contribution >= 4 is 11.5 Å². The molecule has 1 fully saturated rings. The zero-order valence-electron chi connectivity index (χ0n) is 11.7. The summed E-state index contributed by atoms with van der Waals surface area (Å²) in [5.41, 5.74) is 7.85. The van der Waals surface area contributed by atoms with Gasteiger partial charge in [-0.05, 0) is 37.1 Å². The number of hydrogen-bond donors (Lipinski definition) is 2. The molecule has 0 spiro atoms. The monoisotopic (exact) mass is 282 g/mol. The van der Waals surface area contributed by atoms with Gasteiger partial charge in [-0.25, -0.2) is 0 Å². The molecule has 0 amide bonds. The zero-order valence-corrected chi connectivity index (χ0v) is 11.7. The molecule has 1 aromatic carbocycles. The second kappa shape index (κ2) is 6.31. The molecule has 0 saturated heterocycles. The molecule has 3 rings (SSSR count). The lowest BCUT2D eigenvalue weighted by molar-refractivity contribution is -0.117. The molecule has 2 aromatic rings. The standard InChI is InChI=1S/C17H18N2O2/c20-16-11-13(17-7-4-10-21-17)8-9-14(16)12-18-19-15-5-2-1-3-6-15/h1-7,10,12-13,18-19H,8-9,11H2/b14-12+/t13-/m1/s1. The summed E-state index contributed by atoms with van der Waals surface area (Å²) in [5.74, 6) is 1.31. The highest BCUT2D eigenvalue weighted by Crippen LogP contribution is 2.33. The van der Waals surface area contributed by atoms with E-state index in [1.54, 1.807) is 12.5 Å². The Kier molecular flexibility index (Phi) is 4.05. The Morgan fingerprint density at radius 1 is 1.14 bits per heavy atom. The Morgan fingerprint density at radius 2 is 2.00 bits per heavy atom. The fraction of sp³-hybridized carbons (Fsp3) is 0.235. The van der Waals surface area contributed by atoms with Crippen LogP contribution in [0.1, 0.15) is 30.9 Å². The van der Waals surface area contributed by atoms with Crippen molar-refractivity contribution in [2.45, 2.75) is 25.2 Å². The molecule has 0 radical (unpaired) electrons. The van der Waals surface area contributed by atoms with E-state index in [2.05, 4.69) is 10.9 Å². The van der Waals surface area contributed by atoms with E-state index in [4.69, 9.17) is 4.42 Å². The van der Waals surface area contributed by atoms with Gasteiger partial charge in [-0.2, -0.15) is 0 Å². The first-order chi connectivity index (χ1) is 10.3. The quantitative estimate of drug-likeness (QED) is 0.664. The topological polar surface area (TPSA) is 54.3 Å². The minimum Gasteiger partial charge on any atom is -0.469 e. The van der Waals surface area contributed by atoms with Crippen molar-refractivity contribution in [2.75, 3.05) is 5.43 Å². The summed E-state index contributed by atoms with van der Waals surface area (Å²) in [6, 6.07) is 13.6. The lowest BCUT2D eigenvalue weighted by Crippen LogP contribution is -2.21. The molecule has 4 heteroatoms. The molecule has 1 aliphatic rings. The van der Waals surface area contributed by atoms with Crippen molar-refractivity contribution in [1.29, 1.82) is 0 Å². The van der Waals surface area contributed by atoms with Crippen LogP contribution in [0.3, 0.4) is 0 Å². The van der Waals surface area contributed by atoms with Crippen LogP contribution in [-0.4, -0.2) is 5.78 Å². The number of anilines is 1. The van der Waals surface area contributed by atoms with Gasteiger partial charge in [-0.15, -0.1) is 0 Å². The van der Waals surface area contributed by atoms with Crippen molar-refractivity contribution in [1.82, 2.24) is 5.43 Å². The third-order valence-corrected chi connectivity index (χ3v) is 3.73. The largest absolute Gasteiger partial charge is 0.469 e. The number of carbonyl (C=O) groups is 1. The van der Waals surface area contributed by atoms with Gasteiger partial charge in [-0.1, -0.05) is 18.2 Å². The SMILES string of the molecule is O=C1C[C@H](c2ccco2)CC/C1=C\NNc1ccccc1. The van der Waals surface area contributed by atoms with E-state index < -0.39 is 0 Å². The zero-order chi connectivity index (χ0) is 14.5. The van der Waals surface area contributed by atoms with Gasteiger partial charge in [0.25, 0.3) is 0 Å². The molecule has 2 N–H and O–H groups in total. The van der Waals surface area contributed by atoms with Crippen LogP contribution in [-0.2, 0) is 4.79 Å². The molecule has 21 heavy (non-hydrogen) atoms. The van der Waals surface area contributed by atoms with Gasteiger partial charge in [-0.3, -0.25) is 4.79 Å². The van der Waals surface area contributed by atoms with Crippen LogP contribution in [0.5, 0.6) is 0 Å². The lowest BCUT2D eigenvalue weighted by atomic mass is 9.84. The molecule has 4 nitrogen and oxygen atoms in total. The smallest absolute Gasteiger partial charge is 0.161 e. The number of Topliss-reactive ketones (excluding diaryl/α,β-unsaturated/α-hetero) is 1. The van der Waals surface area contributed by atoms with E-state index in [1.165, 1.54) is 0 Å². The molecule has 1 heterocycles. The van der Waals surface area contributed by atoms with Crippen LogP contribution in [0, 0.1) is 0 Å². The van der Waals surface area contributed by atoms with Crippen molar-refractivity contribution in [3.05, 3.63) is 66.3 Å². The highest BCUT2D eigenvalue weighted by Gasteiger charge is 2.26. The Morgan fingerprint density at radius 3 is 2.71 bits per heavy atom. The number of allylic oxidation sites excluding steroid dienone is 1. The van der Waals surface area contributed by atoms with Crippen LogP contribution in [0.15, 0.2) is 64.9 Å². The van der Waals surface area contributed by atoms with Crippen molar-refractivity contribution < 1.29 is 9.21 Å². The van der Waals surface area contributed by atoms with Crippen LogP contribution >= 0.6 is 0 Å². The summed E-state index contributed by atoms with van der Waals surface area (Å²) in [7, 11) is 0. The Balaban J connectivity index is 1.55. The number of ketones is 1. The van der Waals surface area contributed by atoms with E-state index in [-0.39, 0.29) is 11.7 Å². The summed E-state index contributed by atoms with van der Waals surface area (Å²) < 4.78 is 5.40. The Bertz CT molecular complexity index is 618. The molecule has 1 saturated carbocycles. The van der Waals surface area contributed by atoms with E-state index in [0.717, 1.165) is 29.9 Å². The lowest BCUT2D eigenvalue weighted by Gasteiger charge is -2.21. The van der Waals surface area contributed by atoms with E-state index in [1.807, 2.05) is 42.5 Å². The average Bonchev–Trinajstić information content (AvgIpc) is 3.04. The summed E-state index contributed by atoms with van der Waals surface area (Å²) >= 11 is 0. The molecule has 1 atom stereocenters. The van der Waals surface area contributed by atoms with Gasteiger partial charge < -0.3 is 15.3 Å². The van der Waals surface area contributed by atoms with Crippen molar-refractivity contribution in [2.24, 2.45) is 0 Å². The normalized spacial score (nSPS) is 20.5. The molecule has 0 aliphatic heterocycles. The van der Waals surface area contributed by atoms with Crippen molar-refractivity contribution in [3.63, 3.8) is 0 Å². The van der Waals surface area contributed by atoms with E-state index in [0.29, 0.717) is 6.42 Å². The van der Waals surface area contributed by atoms with Gasteiger partial charge in [0.2, 0.25) is 0 Å². The van der Waals surface area contributed by atoms with Gasteiger partial charge in [0.1, 0.15) is 5.76 Å². The molecule has 1 aromatic heterocycles. The summed E-state index contributed by atoms with van der Waals surface area (Å²) in [5, 5.41) is 0. The fourth-order valence-electron chi connectivity index (χ4n) is 2.57. The minimum absolute atomic E-state index is 0.185. The number of hydrazine groups is 1. The summed E-state index contributed by atoms with van der Waals surface area (Å²) in [4.78, 5) is 12.2. The first kappa shape index (κ1) is 13.5. The van der Waals surface area contributed by atoms with E-state index >= 15 is 0 Å². The molecule has 108 valence electrons. The number of benzene rings is 1. The number of para-hydroxylation sites is 1. The second-order valence-electron chi connectivity index (χ2n) is 5.18. The first-order valence-corrected chi connectivity index (χ1v) is 7.15. The molecule has 0 unspecified atom stereocenters. The third-order valence-electron chi connectivity index (χ3n) is 3.73. The fourth-order valence-corrected chi connectivity index (χ4v) is 2.57. The van der Waals surface area contributed by atoms with Crippen molar-refractivity contribution in [3.8, 4) is 0 Å². The van der Waals surface area contributed by atoms with Gasteiger partial charge in [0.15, 0.2) is 5.78 Å². The molecular weight excluding hydrogens is 264 g/mol. The maximum Gasteiger partial charge on any atom is 0.161 e. The highest BCUT2D eigenvalue weighted by atomic mass is 16.3. The van der Waals surface area contributed by atoms with Crippen LogP contribution in [0.25, 0.3) is 0 Å². The average molecular weight is 282 g/mol. The van der Waals surface area contributed by atoms with Crippen LogP contribution in [0.4, 0.5) is 5.69 Å². The minimum atomic E-state index is 0.185. The van der Waals surface area contributed by atoms with Gasteiger partial charge in [0, 0.05) is 24.1 Å². The van der Waals surface area contributed by atoms with Crippen LogP contribution in [0.2, 0.25) is 0 Å². The molecule has 1 aliphatic carbocycles. The molecule has 0 bridgehead atoms. The Labute approximate surface area is 123 Å². The predicted octanol–water partition coefficient (Wildman–Crippen LogP) is 3.62.